The van der Waals surface area contributed by atoms with E-state index in [0.29, 0.717) is 28.4 Å². The van der Waals surface area contributed by atoms with Crippen LogP contribution in [0.3, 0.4) is 0 Å². The highest BCUT2D eigenvalue weighted by atomic mass is 35.5. The molecule has 0 fully saturated rings. The fourth-order valence-electron chi connectivity index (χ4n) is 3.40. The molecule has 0 aliphatic carbocycles. The Kier molecular flexibility index (Phi) is 9.49. The Morgan fingerprint density at radius 3 is 2.32 bits per heavy atom. The number of likely N-dealkylation sites (N-methyl/N-ethyl adjacent to an activating group) is 1. The second-order valence-electron chi connectivity index (χ2n) is 8.27. The molecular weight excluding hydrogens is 476 g/mol. The lowest BCUT2D eigenvalue weighted by Gasteiger charge is -2.33. The van der Waals surface area contributed by atoms with Crippen LogP contribution in [0.5, 0.6) is 0 Å². The highest BCUT2D eigenvalue weighted by Crippen LogP contribution is 2.26. The fraction of sp³-hybridized carbons (Fsp3) is 0.417. The van der Waals surface area contributed by atoms with Gasteiger partial charge >= 0.3 is 10.2 Å². The molecule has 1 atom stereocenters. The molecule has 0 spiro atoms. The van der Waals surface area contributed by atoms with E-state index in [1.807, 2.05) is 19.1 Å². The third-order valence-corrected chi connectivity index (χ3v) is 7.64. The van der Waals surface area contributed by atoms with Gasteiger partial charge in [0, 0.05) is 32.2 Å². The number of halogens is 1. The third-order valence-electron chi connectivity index (χ3n) is 5.47. The summed E-state index contributed by atoms with van der Waals surface area (Å²) in [6, 6.07) is 11.6. The molecule has 34 heavy (non-hydrogen) atoms. The molecule has 10 heteroatoms. The molecule has 2 aromatic rings. The first-order valence-electron chi connectivity index (χ1n) is 11.0. The molecular formula is C24H33ClN4O4S. The number of hydrogen-bond acceptors (Lipinski definition) is 4. The Morgan fingerprint density at radius 2 is 1.74 bits per heavy atom. The van der Waals surface area contributed by atoms with Gasteiger partial charge < -0.3 is 10.2 Å². The molecule has 2 aromatic carbocycles. The highest BCUT2D eigenvalue weighted by Gasteiger charge is 2.33. The monoisotopic (exact) mass is 508 g/mol. The van der Waals surface area contributed by atoms with Gasteiger partial charge in [-0.1, -0.05) is 41.9 Å². The minimum Gasteiger partial charge on any atom is -0.355 e. The van der Waals surface area contributed by atoms with Crippen LogP contribution in [0.15, 0.2) is 42.5 Å². The van der Waals surface area contributed by atoms with Gasteiger partial charge in [0.1, 0.15) is 12.6 Å². The average molecular weight is 509 g/mol. The minimum absolute atomic E-state index is 0.0550. The van der Waals surface area contributed by atoms with Crippen LogP contribution in [0.4, 0.5) is 5.69 Å². The lowest BCUT2D eigenvalue weighted by atomic mass is 10.1. The molecule has 0 heterocycles. The van der Waals surface area contributed by atoms with E-state index in [9.17, 15) is 18.0 Å². The summed E-state index contributed by atoms with van der Waals surface area (Å²) in [6.45, 7) is 7.03. The molecule has 2 amide bonds. The number of carbonyl (C=O) groups is 2. The van der Waals surface area contributed by atoms with Crippen LogP contribution in [0.1, 0.15) is 30.5 Å². The zero-order chi connectivity index (χ0) is 25.6. The molecule has 0 saturated carbocycles. The normalized spacial score (nSPS) is 12.4. The largest absolute Gasteiger partial charge is 0.355 e. The van der Waals surface area contributed by atoms with Gasteiger partial charge in [0.25, 0.3) is 0 Å². The Bertz CT molecular complexity index is 1140. The predicted molar refractivity (Wildman–Crippen MR) is 136 cm³/mol. The van der Waals surface area contributed by atoms with Crippen LogP contribution >= 0.6 is 11.6 Å². The molecule has 1 unspecified atom stereocenters. The van der Waals surface area contributed by atoms with E-state index in [1.54, 1.807) is 51.1 Å². The van der Waals surface area contributed by atoms with E-state index in [1.165, 1.54) is 19.0 Å². The lowest BCUT2D eigenvalue weighted by molar-refractivity contribution is -0.139. The first kappa shape index (κ1) is 27.6. The zero-order valence-corrected chi connectivity index (χ0v) is 22.1. The van der Waals surface area contributed by atoms with Gasteiger partial charge in [-0.05, 0) is 56.5 Å². The molecule has 186 valence electrons. The summed E-state index contributed by atoms with van der Waals surface area (Å²) in [4.78, 5) is 27.6. The van der Waals surface area contributed by atoms with Crippen molar-refractivity contribution in [3.8, 4) is 0 Å². The zero-order valence-electron chi connectivity index (χ0n) is 20.5. The van der Waals surface area contributed by atoms with Gasteiger partial charge in [0.05, 0.1) is 5.69 Å². The molecule has 1 N–H and O–H groups in total. The summed E-state index contributed by atoms with van der Waals surface area (Å²) in [5.41, 5.74) is 2.63. The predicted octanol–water partition coefficient (Wildman–Crippen LogP) is 3.12. The van der Waals surface area contributed by atoms with Crippen LogP contribution in [-0.2, 0) is 26.3 Å². The van der Waals surface area contributed by atoms with Crippen molar-refractivity contribution in [1.82, 2.24) is 14.5 Å². The van der Waals surface area contributed by atoms with Gasteiger partial charge in [-0.3, -0.25) is 9.59 Å². The number of carbonyl (C=O) groups excluding carboxylic acids is 2. The molecule has 0 aliphatic rings. The van der Waals surface area contributed by atoms with Crippen molar-refractivity contribution in [2.75, 3.05) is 31.5 Å². The van der Waals surface area contributed by atoms with Crippen molar-refractivity contribution >= 4 is 39.3 Å². The van der Waals surface area contributed by atoms with Crippen LogP contribution in [0.2, 0.25) is 5.02 Å². The van der Waals surface area contributed by atoms with E-state index < -0.39 is 28.7 Å². The summed E-state index contributed by atoms with van der Waals surface area (Å²) in [6.07, 6.45) is 0. The third kappa shape index (κ3) is 6.49. The fourth-order valence-corrected chi connectivity index (χ4v) is 4.71. The average Bonchev–Trinajstić information content (AvgIpc) is 2.78. The lowest BCUT2D eigenvalue weighted by Crippen LogP contribution is -2.52. The Balaban J connectivity index is 2.52. The van der Waals surface area contributed by atoms with Crippen LogP contribution in [0.25, 0.3) is 0 Å². The number of hydrogen-bond donors (Lipinski definition) is 1. The first-order chi connectivity index (χ1) is 15.9. The summed E-state index contributed by atoms with van der Waals surface area (Å²) in [7, 11) is -1.18. The van der Waals surface area contributed by atoms with Gasteiger partial charge in [0.15, 0.2) is 0 Å². The van der Waals surface area contributed by atoms with Crippen molar-refractivity contribution in [2.45, 2.75) is 40.3 Å². The molecule has 0 radical (unpaired) electrons. The van der Waals surface area contributed by atoms with Crippen molar-refractivity contribution in [2.24, 2.45) is 0 Å². The molecule has 8 nitrogen and oxygen atoms in total. The number of anilines is 1. The second kappa shape index (κ2) is 11.7. The SMILES string of the molecule is CCNC(=O)C(C)N(Cc1ccccc1Cl)C(=O)CN(c1cc(C)ccc1C)S(=O)(=O)N(C)C. The number of benzene rings is 2. The molecule has 2 rings (SSSR count). The van der Waals surface area contributed by atoms with Crippen LogP contribution in [-0.4, -0.2) is 62.7 Å². The summed E-state index contributed by atoms with van der Waals surface area (Å²) >= 11 is 6.32. The number of rotatable bonds is 10. The first-order valence-corrected chi connectivity index (χ1v) is 12.8. The summed E-state index contributed by atoms with van der Waals surface area (Å²) in [5, 5.41) is 3.18. The molecule has 0 bridgehead atoms. The number of aryl methyl sites for hydroxylation is 2. The molecule has 0 aromatic heterocycles. The van der Waals surface area contributed by atoms with Gasteiger partial charge in [0.2, 0.25) is 11.8 Å². The Hall–Kier alpha value is -2.62. The molecule has 0 aliphatic heterocycles. The minimum atomic E-state index is -4.00. The van der Waals surface area contributed by atoms with Crippen molar-refractivity contribution in [1.29, 1.82) is 0 Å². The number of nitrogens with one attached hydrogen (secondary N) is 1. The number of amides is 2. The number of nitrogens with zero attached hydrogens (tertiary/aromatic N) is 3. The van der Waals surface area contributed by atoms with E-state index >= 15 is 0 Å². The topological polar surface area (TPSA) is 90.0 Å². The van der Waals surface area contributed by atoms with E-state index in [0.717, 1.165) is 14.2 Å². The maximum Gasteiger partial charge on any atom is 0.304 e. The Morgan fingerprint density at radius 1 is 1.09 bits per heavy atom. The van der Waals surface area contributed by atoms with Gasteiger partial charge in [-0.25, -0.2) is 4.31 Å². The second-order valence-corrected chi connectivity index (χ2v) is 10.7. The summed E-state index contributed by atoms with van der Waals surface area (Å²) < 4.78 is 28.7. The van der Waals surface area contributed by atoms with Crippen molar-refractivity contribution in [3.05, 3.63) is 64.2 Å². The van der Waals surface area contributed by atoms with E-state index in [-0.39, 0.29) is 12.5 Å². The summed E-state index contributed by atoms with van der Waals surface area (Å²) in [5.74, 6) is -0.860. The quantitative estimate of drug-likeness (QED) is 0.534. The van der Waals surface area contributed by atoms with Crippen molar-refractivity contribution in [3.63, 3.8) is 0 Å². The smallest absolute Gasteiger partial charge is 0.304 e. The van der Waals surface area contributed by atoms with E-state index in [2.05, 4.69) is 5.32 Å². The maximum atomic E-state index is 13.6. The van der Waals surface area contributed by atoms with E-state index in [4.69, 9.17) is 11.6 Å². The van der Waals surface area contributed by atoms with Crippen molar-refractivity contribution < 1.29 is 18.0 Å². The standard InChI is InChI=1S/C24H33ClN4O4S/c1-7-26-24(31)19(4)28(15-20-10-8-9-11-21(20)25)23(30)16-29(34(32,33)27(5)6)22-14-17(2)12-13-18(22)3/h8-14,19H,7,15-16H2,1-6H3,(H,26,31). The Labute approximate surface area is 207 Å². The van der Waals surface area contributed by atoms with Crippen LogP contribution < -0.4 is 9.62 Å². The highest BCUT2D eigenvalue weighted by molar-refractivity contribution is 7.90. The van der Waals surface area contributed by atoms with Gasteiger partial charge in [-0.2, -0.15) is 12.7 Å². The molecule has 0 saturated heterocycles. The van der Waals surface area contributed by atoms with Gasteiger partial charge in [-0.15, -0.1) is 0 Å². The van der Waals surface area contributed by atoms with Crippen LogP contribution in [0, 0.1) is 13.8 Å². The maximum absolute atomic E-state index is 13.6.